The smallest absolute Gasteiger partial charge is 0 e. The first kappa shape index (κ1) is 24.5. The zero-order valence-corrected chi connectivity index (χ0v) is 19.7. The Morgan fingerprint density at radius 3 is 1.30 bits per heavy atom. The molecule has 10 heavy (non-hydrogen) atoms. The summed E-state index contributed by atoms with van der Waals surface area (Å²) in [6.07, 6.45) is 3.05. The zero-order valence-electron chi connectivity index (χ0n) is 6.30. The maximum absolute atomic E-state index is 2.36. The Morgan fingerprint density at radius 2 is 1.20 bits per heavy atom. The van der Waals surface area contributed by atoms with E-state index < -0.39 is 0 Å². The minimum absolute atomic E-state index is 0. The molecule has 6 heteroatoms. The van der Waals surface area contributed by atoms with Gasteiger partial charge in [-0.15, -0.1) is 17.2 Å². The van der Waals surface area contributed by atoms with Crippen molar-refractivity contribution in [3.63, 3.8) is 0 Å². The van der Waals surface area contributed by atoms with Crippen LogP contribution in [0.4, 0.5) is 0 Å². The maximum Gasteiger partial charge on any atom is 0 e. The summed E-state index contributed by atoms with van der Waals surface area (Å²) in [5, 5.41) is 1.10. The molecular weight excluding hydrogens is 466 g/mol. The summed E-state index contributed by atoms with van der Waals surface area (Å²) in [7, 11) is 2.59. The Hall–Kier alpha value is 5.28. The Morgan fingerprint density at radius 1 is 0.900 bits per heavy atom. The van der Waals surface area contributed by atoms with Crippen LogP contribution in [-0.4, -0.2) is 17.7 Å². The molecule has 2 atom stereocenters. The van der Waals surface area contributed by atoms with Gasteiger partial charge in [0.25, 0.3) is 0 Å². The van der Waals surface area contributed by atoms with E-state index in [1.54, 1.807) is 0 Å². The average Bonchev–Trinajstić information content (AvgIpc) is 1.86. The first-order valence-corrected chi connectivity index (χ1v) is 4.93. The van der Waals surface area contributed by atoms with Crippen LogP contribution in [0.25, 0.3) is 0 Å². The molecule has 0 aliphatic carbocycles. The fraction of sp³-hybridized carbons (Fsp3) is 1.00. The summed E-state index contributed by atoms with van der Waals surface area (Å²) in [6, 6.07) is 0. The van der Waals surface area contributed by atoms with E-state index in [2.05, 4.69) is 6.92 Å². The van der Waals surface area contributed by atoms with Gasteiger partial charge >= 0.3 is 0 Å². The Kier molecular flexibility index (Phi) is 40.9. The SMILES string of the molecule is CC1PCCP1.[Y].[Y].[Y].[Y]. The second-order valence-corrected chi connectivity index (χ2v) is 5.76. The number of rotatable bonds is 0. The van der Waals surface area contributed by atoms with Gasteiger partial charge < -0.3 is 0 Å². The summed E-state index contributed by atoms with van der Waals surface area (Å²) in [4.78, 5) is 0. The van der Waals surface area contributed by atoms with Crippen LogP contribution in [-0.2, 0) is 131 Å². The van der Waals surface area contributed by atoms with Gasteiger partial charge in [-0.2, -0.15) is 0 Å². The predicted molar refractivity (Wildman–Crippen MR) is 35.8 cm³/mol. The molecule has 2 unspecified atom stereocenters. The summed E-state index contributed by atoms with van der Waals surface area (Å²) in [6.45, 7) is 2.36. The number of hydrogen-bond acceptors (Lipinski definition) is 0. The van der Waals surface area contributed by atoms with E-state index in [4.69, 9.17) is 0 Å². The second kappa shape index (κ2) is 16.7. The molecule has 0 N–H and O–H groups in total. The second-order valence-electron chi connectivity index (χ2n) is 1.63. The molecule has 0 amide bonds. The van der Waals surface area contributed by atoms with Crippen molar-refractivity contribution in [1.82, 2.24) is 0 Å². The van der Waals surface area contributed by atoms with E-state index in [0.29, 0.717) is 0 Å². The van der Waals surface area contributed by atoms with Crippen molar-refractivity contribution in [3.8, 4) is 0 Å². The van der Waals surface area contributed by atoms with E-state index in [1.807, 2.05) is 0 Å². The molecule has 4 radical (unpaired) electrons. The molecule has 1 rings (SSSR count). The van der Waals surface area contributed by atoms with Crippen LogP contribution in [0.5, 0.6) is 0 Å². The van der Waals surface area contributed by atoms with Gasteiger partial charge in [0, 0.05) is 131 Å². The third-order valence-corrected chi connectivity index (χ3v) is 5.05. The van der Waals surface area contributed by atoms with E-state index in [1.165, 1.54) is 29.5 Å². The quantitative estimate of drug-likeness (QED) is 0.468. The van der Waals surface area contributed by atoms with Crippen molar-refractivity contribution in [1.29, 1.82) is 0 Å². The van der Waals surface area contributed by atoms with Crippen molar-refractivity contribution in [2.75, 3.05) is 12.3 Å². The maximum atomic E-state index is 2.36. The van der Waals surface area contributed by atoms with E-state index in [-0.39, 0.29) is 131 Å². The minimum Gasteiger partial charge on any atom is -0.115 e. The molecule has 0 saturated carbocycles. The van der Waals surface area contributed by atoms with Crippen LogP contribution >= 0.6 is 17.2 Å². The van der Waals surface area contributed by atoms with E-state index in [0.717, 1.165) is 5.40 Å². The van der Waals surface area contributed by atoms with Crippen molar-refractivity contribution in [2.45, 2.75) is 12.3 Å². The van der Waals surface area contributed by atoms with Gasteiger partial charge in [0.2, 0.25) is 0 Å². The van der Waals surface area contributed by atoms with Crippen molar-refractivity contribution < 1.29 is 131 Å². The summed E-state index contributed by atoms with van der Waals surface area (Å²) in [5.41, 5.74) is 0. The Bertz CT molecular complexity index is 48.5. The van der Waals surface area contributed by atoms with Crippen LogP contribution in [0.15, 0.2) is 0 Å². The fourth-order valence-electron chi connectivity index (χ4n) is 0.650. The molecule has 0 aromatic heterocycles. The molecule has 0 spiro atoms. The molecule has 1 aliphatic heterocycles. The molecule has 1 saturated heterocycles. The van der Waals surface area contributed by atoms with Crippen LogP contribution in [0, 0.1) is 0 Å². The van der Waals surface area contributed by atoms with Crippen molar-refractivity contribution in [3.05, 3.63) is 0 Å². The molecule has 1 fully saturated rings. The van der Waals surface area contributed by atoms with Gasteiger partial charge in [0.15, 0.2) is 0 Å². The number of hydrogen-bond donors (Lipinski definition) is 0. The van der Waals surface area contributed by atoms with Crippen LogP contribution in [0.3, 0.4) is 0 Å². The van der Waals surface area contributed by atoms with Crippen molar-refractivity contribution in [2.24, 2.45) is 0 Å². The van der Waals surface area contributed by atoms with Crippen LogP contribution in [0.1, 0.15) is 6.92 Å². The van der Waals surface area contributed by atoms with Gasteiger partial charge in [0.1, 0.15) is 0 Å². The minimum atomic E-state index is 0. The van der Waals surface area contributed by atoms with E-state index >= 15 is 0 Å². The van der Waals surface area contributed by atoms with Crippen LogP contribution in [0.2, 0.25) is 0 Å². The third-order valence-electron chi connectivity index (χ3n) is 1.03. The monoisotopic (exact) mass is 476 g/mol. The summed E-state index contributed by atoms with van der Waals surface area (Å²) < 4.78 is 0. The van der Waals surface area contributed by atoms with Gasteiger partial charge in [-0.3, -0.25) is 0 Å². The standard InChI is InChI=1S/C4H10P2.4Y/c1-4-5-2-3-6-4;;;;/h4-6H,2-3H2,1H3;;;;. The predicted octanol–water partition coefficient (Wildman–Crippen LogP) is 1.69. The summed E-state index contributed by atoms with van der Waals surface area (Å²) in [5.74, 6) is 0. The van der Waals surface area contributed by atoms with Gasteiger partial charge in [-0.05, 0) is 17.7 Å². The zero-order chi connectivity index (χ0) is 4.41. The molecule has 1 aliphatic rings. The molecule has 48 valence electrons. The molecule has 0 aromatic rings. The summed E-state index contributed by atoms with van der Waals surface area (Å²) >= 11 is 0. The van der Waals surface area contributed by atoms with Gasteiger partial charge in [-0.1, -0.05) is 6.92 Å². The molecular formula is C4H10P2Y4. The largest absolute Gasteiger partial charge is 0.115 e. The molecule has 1 heterocycles. The normalized spacial score (nSPS) is 25.5. The average molecular weight is 476 g/mol. The molecule has 0 aromatic carbocycles. The third kappa shape index (κ3) is 13.3. The van der Waals surface area contributed by atoms with Crippen LogP contribution < -0.4 is 0 Å². The van der Waals surface area contributed by atoms with Gasteiger partial charge in [-0.25, -0.2) is 0 Å². The first-order valence-electron chi connectivity index (χ1n) is 2.36. The van der Waals surface area contributed by atoms with Gasteiger partial charge in [0.05, 0.1) is 0 Å². The Balaban J connectivity index is -0.0000000450. The van der Waals surface area contributed by atoms with E-state index in [9.17, 15) is 0 Å². The topological polar surface area (TPSA) is 0 Å². The first-order chi connectivity index (χ1) is 2.89. The van der Waals surface area contributed by atoms with Crippen molar-refractivity contribution >= 4 is 17.2 Å². The fourth-order valence-corrected chi connectivity index (χ4v) is 4.11. The Labute approximate surface area is 168 Å². The molecule has 0 bridgehead atoms. The molecule has 0 nitrogen and oxygen atoms in total.